The van der Waals surface area contributed by atoms with Crippen molar-refractivity contribution in [3.63, 3.8) is 0 Å². The van der Waals surface area contributed by atoms with Crippen molar-refractivity contribution >= 4 is 11.4 Å². The molecule has 0 N–H and O–H groups in total. The first-order valence-corrected chi connectivity index (χ1v) is 5.77. The number of nitro benzene ring substituents is 2. The van der Waals surface area contributed by atoms with Gasteiger partial charge in [-0.05, 0) is 23.8 Å². The van der Waals surface area contributed by atoms with Crippen LogP contribution >= 0.6 is 0 Å². The van der Waals surface area contributed by atoms with Crippen LogP contribution in [0.4, 0.5) is 15.8 Å². The predicted octanol–water partition coefficient (Wildman–Crippen LogP) is 3.22. The highest BCUT2D eigenvalue weighted by Gasteiger charge is 2.20. The van der Waals surface area contributed by atoms with Crippen LogP contribution in [0.25, 0.3) is 0 Å². The second-order valence-corrected chi connectivity index (χ2v) is 4.08. The first-order chi connectivity index (χ1) is 9.97. The zero-order valence-corrected chi connectivity index (χ0v) is 10.6. The summed E-state index contributed by atoms with van der Waals surface area (Å²) in [6.45, 7) is -0.0149. The molecule has 0 spiro atoms. The van der Waals surface area contributed by atoms with Crippen molar-refractivity contribution in [3.8, 4) is 5.75 Å². The van der Waals surface area contributed by atoms with Crippen LogP contribution < -0.4 is 4.74 Å². The van der Waals surface area contributed by atoms with E-state index in [1.165, 1.54) is 30.3 Å². The van der Waals surface area contributed by atoms with Crippen LogP contribution in [0, 0.1) is 26.0 Å². The molecule has 0 aromatic heterocycles. The molecule has 0 unspecified atom stereocenters. The smallest absolute Gasteiger partial charge is 0.317 e. The van der Waals surface area contributed by atoms with Gasteiger partial charge in [-0.3, -0.25) is 20.2 Å². The number of rotatable bonds is 5. The van der Waals surface area contributed by atoms with Crippen molar-refractivity contribution in [1.82, 2.24) is 0 Å². The number of non-ortho nitro benzene ring substituents is 1. The molecule has 8 heteroatoms. The summed E-state index contributed by atoms with van der Waals surface area (Å²) < 4.78 is 18.0. The standard InChI is InChI=1S/C13H9FN2O5/c14-10-3-1-9(2-4-10)8-21-13-6-5-11(15(17)18)7-12(13)16(19)20/h1-7H,8H2. The molecule has 0 bridgehead atoms. The quantitative estimate of drug-likeness (QED) is 0.622. The molecule has 0 aliphatic carbocycles. The summed E-state index contributed by atoms with van der Waals surface area (Å²) >= 11 is 0. The summed E-state index contributed by atoms with van der Waals surface area (Å²) in [6.07, 6.45) is 0. The number of hydrogen-bond acceptors (Lipinski definition) is 5. The number of nitrogens with zero attached hydrogens (tertiary/aromatic N) is 2. The van der Waals surface area contributed by atoms with Crippen LogP contribution in [-0.4, -0.2) is 9.85 Å². The highest BCUT2D eigenvalue weighted by atomic mass is 19.1. The van der Waals surface area contributed by atoms with Crippen molar-refractivity contribution in [2.24, 2.45) is 0 Å². The first kappa shape index (κ1) is 14.4. The van der Waals surface area contributed by atoms with Crippen molar-refractivity contribution in [2.75, 3.05) is 0 Å². The molecule has 21 heavy (non-hydrogen) atoms. The molecule has 7 nitrogen and oxygen atoms in total. The van der Waals surface area contributed by atoms with Crippen molar-refractivity contribution in [2.45, 2.75) is 6.61 Å². The summed E-state index contributed by atoms with van der Waals surface area (Å²) in [5.74, 6) is -0.491. The van der Waals surface area contributed by atoms with E-state index in [2.05, 4.69) is 0 Å². The van der Waals surface area contributed by atoms with E-state index in [4.69, 9.17) is 4.74 Å². The van der Waals surface area contributed by atoms with Crippen molar-refractivity contribution in [1.29, 1.82) is 0 Å². The molecule has 0 fully saturated rings. The number of nitro groups is 2. The fourth-order valence-corrected chi connectivity index (χ4v) is 1.63. The zero-order valence-electron chi connectivity index (χ0n) is 10.6. The van der Waals surface area contributed by atoms with Crippen LogP contribution in [-0.2, 0) is 6.61 Å². The van der Waals surface area contributed by atoms with Gasteiger partial charge >= 0.3 is 5.69 Å². The molecule has 0 radical (unpaired) electrons. The molecular weight excluding hydrogens is 283 g/mol. The van der Waals surface area contributed by atoms with Crippen LogP contribution in [0.1, 0.15) is 5.56 Å². The van der Waals surface area contributed by atoms with Gasteiger partial charge in [0.1, 0.15) is 12.4 Å². The lowest BCUT2D eigenvalue weighted by Gasteiger charge is -2.06. The summed E-state index contributed by atoms with van der Waals surface area (Å²) in [4.78, 5) is 20.0. The molecule has 2 rings (SSSR count). The number of benzene rings is 2. The van der Waals surface area contributed by atoms with Gasteiger partial charge in [-0.1, -0.05) is 12.1 Å². The highest BCUT2D eigenvalue weighted by molar-refractivity contribution is 5.53. The first-order valence-electron chi connectivity index (χ1n) is 5.77. The van der Waals surface area contributed by atoms with Gasteiger partial charge in [0.05, 0.1) is 15.9 Å². The van der Waals surface area contributed by atoms with E-state index in [0.717, 1.165) is 12.1 Å². The Hall–Kier alpha value is -3.03. The molecule has 0 atom stereocenters. The minimum atomic E-state index is -0.757. The molecule has 0 saturated carbocycles. The third-order valence-corrected chi connectivity index (χ3v) is 2.66. The molecule has 108 valence electrons. The maximum absolute atomic E-state index is 12.7. The molecular formula is C13H9FN2O5. The Morgan fingerprint density at radius 1 is 1.00 bits per heavy atom. The van der Waals surface area contributed by atoms with Gasteiger partial charge in [0.15, 0.2) is 5.75 Å². The maximum Gasteiger partial charge on any atom is 0.317 e. The van der Waals surface area contributed by atoms with Gasteiger partial charge in [0.25, 0.3) is 5.69 Å². The van der Waals surface area contributed by atoms with Gasteiger partial charge in [-0.2, -0.15) is 0 Å². The highest BCUT2D eigenvalue weighted by Crippen LogP contribution is 2.31. The van der Waals surface area contributed by atoms with Gasteiger partial charge in [-0.15, -0.1) is 0 Å². The van der Waals surface area contributed by atoms with Crippen LogP contribution in [0.2, 0.25) is 0 Å². The van der Waals surface area contributed by atoms with E-state index in [9.17, 15) is 24.6 Å². The lowest BCUT2D eigenvalue weighted by atomic mass is 10.2. The van der Waals surface area contributed by atoms with E-state index in [0.29, 0.717) is 5.56 Å². The Morgan fingerprint density at radius 2 is 1.67 bits per heavy atom. The van der Waals surface area contributed by atoms with E-state index in [-0.39, 0.29) is 12.4 Å². The third-order valence-electron chi connectivity index (χ3n) is 2.66. The van der Waals surface area contributed by atoms with Crippen LogP contribution in [0.5, 0.6) is 5.75 Å². The molecule has 0 heterocycles. The van der Waals surface area contributed by atoms with E-state index < -0.39 is 27.0 Å². The summed E-state index contributed by atoms with van der Waals surface area (Å²) in [5, 5.41) is 21.5. The second-order valence-electron chi connectivity index (χ2n) is 4.08. The molecule has 0 amide bonds. The predicted molar refractivity (Wildman–Crippen MR) is 70.5 cm³/mol. The van der Waals surface area contributed by atoms with E-state index in [1.54, 1.807) is 0 Å². The average molecular weight is 292 g/mol. The van der Waals surface area contributed by atoms with Gasteiger partial charge in [-0.25, -0.2) is 4.39 Å². The summed E-state index contributed by atoms with van der Waals surface area (Å²) in [6, 6.07) is 8.55. The number of halogens is 1. The van der Waals surface area contributed by atoms with Crippen LogP contribution in [0.3, 0.4) is 0 Å². The molecule has 0 aliphatic rings. The second kappa shape index (κ2) is 5.95. The summed E-state index contributed by atoms with van der Waals surface area (Å²) in [7, 11) is 0. The Kier molecular flexibility index (Phi) is 4.07. The van der Waals surface area contributed by atoms with Crippen molar-refractivity contribution in [3.05, 3.63) is 74.1 Å². The van der Waals surface area contributed by atoms with Gasteiger partial charge in [0.2, 0.25) is 0 Å². The Labute approximate surface area is 117 Å². The normalized spacial score (nSPS) is 10.1. The number of ether oxygens (including phenoxy) is 1. The average Bonchev–Trinajstić information content (AvgIpc) is 2.46. The molecule has 2 aromatic rings. The fourth-order valence-electron chi connectivity index (χ4n) is 1.63. The molecule has 0 aliphatic heterocycles. The van der Waals surface area contributed by atoms with Gasteiger partial charge in [0, 0.05) is 6.07 Å². The Balaban J connectivity index is 2.21. The number of hydrogen-bond donors (Lipinski definition) is 0. The Bertz CT molecular complexity index is 687. The lowest BCUT2D eigenvalue weighted by Crippen LogP contribution is -2.00. The lowest BCUT2D eigenvalue weighted by molar-refractivity contribution is -0.394. The summed E-state index contributed by atoms with van der Waals surface area (Å²) in [5.41, 5.74) is -0.272. The minimum Gasteiger partial charge on any atom is -0.482 e. The largest absolute Gasteiger partial charge is 0.482 e. The maximum atomic E-state index is 12.7. The Morgan fingerprint density at radius 3 is 2.24 bits per heavy atom. The topological polar surface area (TPSA) is 95.5 Å². The van der Waals surface area contributed by atoms with Crippen molar-refractivity contribution < 1.29 is 19.0 Å². The van der Waals surface area contributed by atoms with E-state index >= 15 is 0 Å². The third kappa shape index (κ3) is 3.50. The zero-order chi connectivity index (χ0) is 15.4. The molecule has 0 saturated heterocycles. The van der Waals surface area contributed by atoms with E-state index in [1.807, 2.05) is 0 Å². The minimum absolute atomic E-state index is 0.0149. The monoisotopic (exact) mass is 292 g/mol. The van der Waals surface area contributed by atoms with Crippen LogP contribution in [0.15, 0.2) is 42.5 Å². The van der Waals surface area contributed by atoms with Gasteiger partial charge < -0.3 is 4.74 Å². The fraction of sp³-hybridized carbons (Fsp3) is 0.0769. The SMILES string of the molecule is O=[N+]([O-])c1ccc(OCc2ccc(F)cc2)c([N+](=O)[O-])c1. The molecule has 2 aromatic carbocycles.